The van der Waals surface area contributed by atoms with Crippen LogP contribution < -0.4 is 0 Å². The largest absolute Gasteiger partial charge is 0.353 e. The van der Waals surface area contributed by atoms with Crippen molar-refractivity contribution >= 4 is 29.8 Å². The fraction of sp³-hybridized carbons (Fsp3) is 0.875. The van der Waals surface area contributed by atoms with E-state index in [1.807, 2.05) is 18.1 Å². The van der Waals surface area contributed by atoms with Crippen molar-refractivity contribution in [1.82, 2.24) is 4.90 Å². The summed E-state index contributed by atoms with van der Waals surface area (Å²) in [5, 5.41) is 0. The van der Waals surface area contributed by atoms with Crippen LogP contribution in [0.25, 0.3) is 0 Å². The van der Waals surface area contributed by atoms with E-state index in [2.05, 4.69) is 52.4 Å². The SMILES string of the molecule is CCCC.CCCC.CCCC.CN1C=C=NC1.[Sn]. The van der Waals surface area contributed by atoms with E-state index in [9.17, 15) is 0 Å². The van der Waals surface area contributed by atoms with Crippen molar-refractivity contribution in [3.8, 4) is 0 Å². The van der Waals surface area contributed by atoms with Crippen molar-refractivity contribution in [3.63, 3.8) is 0 Å². The van der Waals surface area contributed by atoms with Gasteiger partial charge in [-0.2, -0.15) is 0 Å². The van der Waals surface area contributed by atoms with Gasteiger partial charge < -0.3 is 4.90 Å². The molecule has 0 amide bonds. The van der Waals surface area contributed by atoms with Gasteiger partial charge in [0.25, 0.3) is 0 Å². The van der Waals surface area contributed by atoms with Crippen LogP contribution in [-0.2, 0) is 0 Å². The Morgan fingerprint density at radius 3 is 1.21 bits per heavy atom. The second kappa shape index (κ2) is 30.8. The van der Waals surface area contributed by atoms with Gasteiger partial charge in [0.2, 0.25) is 0 Å². The van der Waals surface area contributed by atoms with Crippen LogP contribution in [0.1, 0.15) is 80.1 Å². The van der Waals surface area contributed by atoms with E-state index in [0.717, 1.165) is 6.67 Å². The van der Waals surface area contributed by atoms with E-state index in [-0.39, 0.29) is 23.9 Å². The minimum atomic E-state index is 0. The average Bonchev–Trinajstić information content (AvgIpc) is 2.90. The molecule has 0 fully saturated rings. The van der Waals surface area contributed by atoms with Crippen LogP contribution in [0, 0.1) is 0 Å². The minimum absolute atomic E-state index is 0. The Morgan fingerprint density at radius 1 is 0.842 bits per heavy atom. The molecule has 2 nitrogen and oxygen atoms in total. The van der Waals surface area contributed by atoms with Crippen molar-refractivity contribution < 1.29 is 0 Å². The summed E-state index contributed by atoms with van der Waals surface area (Å²) in [7, 11) is 1.96. The summed E-state index contributed by atoms with van der Waals surface area (Å²) in [6.45, 7) is 13.9. The molecule has 0 aromatic carbocycles. The van der Waals surface area contributed by atoms with Gasteiger partial charge in [-0.3, -0.25) is 0 Å². The molecule has 0 N–H and O–H groups in total. The summed E-state index contributed by atoms with van der Waals surface area (Å²) in [6.07, 6.45) is 9.74. The summed E-state index contributed by atoms with van der Waals surface area (Å²) < 4.78 is 0. The van der Waals surface area contributed by atoms with Gasteiger partial charge in [-0.05, 0) is 0 Å². The minimum Gasteiger partial charge on any atom is -0.353 e. The molecular formula is C16H36N2Sn. The first-order valence-corrected chi connectivity index (χ1v) is 7.59. The topological polar surface area (TPSA) is 15.6 Å². The smallest absolute Gasteiger partial charge is 0.119 e. The van der Waals surface area contributed by atoms with Crippen molar-refractivity contribution in [2.45, 2.75) is 80.1 Å². The molecule has 4 radical (unpaired) electrons. The van der Waals surface area contributed by atoms with Crippen LogP contribution in [0.3, 0.4) is 0 Å². The first-order chi connectivity index (χ1) is 8.64. The van der Waals surface area contributed by atoms with Crippen LogP contribution in [0.15, 0.2) is 11.2 Å². The summed E-state index contributed by atoms with van der Waals surface area (Å²) >= 11 is 0. The first-order valence-electron chi connectivity index (χ1n) is 7.59. The maximum atomic E-state index is 3.78. The fourth-order valence-corrected chi connectivity index (χ4v) is 0.333. The third-order valence-electron chi connectivity index (χ3n) is 2.16. The number of hydrogen-bond donors (Lipinski definition) is 0. The van der Waals surface area contributed by atoms with Crippen molar-refractivity contribution in [2.75, 3.05) is 13.7 Å². The van der Waals surface area contributed by atoms with E-state index in [1.54, 1.807) is 0 Å². The third kappa shape index (κ3) is 46.0. The molecule has 0 saturated heterocycles. The van der Waals surface area contributed by atoms with Crippen LogP contribution in [0.2, 0.25) is 0 Å². The van der Waals surface area contributed by atoms with Gasteiger partial charge in [-0.25, -0.2) is 4.99 Å². The van der Waals surface area contributed by atoms with Gasteiger partial charge in [0.05, 0.1) is 6.20 Å². The van der Waals surface area contributed by atoms with Crippen molar-refractivity contribution in [3.05, 3.63) is 6.20 Å². The van der Waals surface area contributed by atoms with Crippen molar-refractivity contribution in [1.29, 1.82) is 0 Å². The molecule has 0 spiro atoms. The zero-order valence-corrected chi connectivity index (χ0v) is 17.3. The monoisotopic (exact) mass is 376 g/mol. The second-order valence-electron chi connectivity index (χ2n) is 4.31. The molecule has 0 atom stereocenters. The molecule has 114 valence electrons. The Hall–Kier alpha value is 0.0487. The van der Waals surface area contributed by atoms with Gasteiger partial charge >= 0.3 is 0 Å². The van der Waals surface area contributed by atoms with Crippen LogP contribution in [-0.4, -0.2) is 48.4 Å². The van der Waals surface area contributed by atoms with E-state index in [0.29, 0.717) is 0 Å². The number of aliphatic imine (C=N–C) groups is 1. The van der Waals surface area contributed by atoms with Crippen LogP contribution in [0.4, 0.5) is 0 Å². The summed E-state index contributed by atoms with van der Waals surface area (Å²) in [5.41, 5.74) is 0. The molecule has 0 aliphatic carbocycles. The Morgan fingerprint density at radius 2 is 1.16 bits per heavy atom. The Balaban J connectivity index is -0.0000000796. The van der Waals surface area contributed by atoms with E-state index in [1.165, 1.54) is 38.5 Å². The number of hydrogen-bond acceptors (Lipinski definition) is 2. The summed E-state index contributed by atoms with van der Waals surface area (Å²) in [4.78, 5) is 5.74. The second-order valence-corrected chi connectivity index (χ2v) is 4.31. The normalized spacial score (nSPS) is 10.2. The average molecular weight is 375 g/mol. The standard InChI is InChI=1S/C4H6N2.3C4H10.Sn/c1-6-3-2-5-4-6;3*1-3-4-2;/h3H,4H2,1H3;3*3-4H2,1-2H3;. The van der Waals surface area contributed by atoms with Gasteiger partial charge in [0.1, 0.15) is 6.67 Å². The fourth-order valence-electron chi connectivity index (χ4n) is 0.333. The van der Waals surface area contributed by atoms with Crippen LogP contribution >= 0.6 is 0 Å². The predicted molar refractivity (Wildman–Crippen MR) is 92.1 cm³/mol. The maximum Gasteiger partial charge on any atom is 0.119 e. The quantitative estimate of drug-likeness (QED) is 0.626. The summed E-state index contributed by atoms with van der Waals surface area (Å²) in [6, 6.07) is 0. The number of rotatable bonds is 3. The van der Waals surface area contributed by atoms with Gasteiger partial charge in [-0.15, -0.1) is 0 Å². The molecule has 0 unspecified atom stereocenters. The summed E-state index contributed by atoms with van der Waals surface area (Å²) in [5.74, 6) is 2.70. The van der Waals surface area contributed by atoms with Gasteiger partial charge in [0.15, 0.2) is 0 Å². The molecule has 1 aliphatic rings. The molecule has 0 bridgehead atoms. The molecule has 1 rings (SSSR count). The van der Waals surface area contributed by atoms with Crippen LogP contribution in [0.5, 0.6) is 0 Å². The molecule has 19 heavy (non-hydrogen) atoms. The molecule has 1 heterocycles. The Bertz CT molecular complexity index is 160. The van der Waals surface area contributed by atoms with E-state index in [4.69, 9.17) is 0 Å². The zero-order chi connectivity index (χ0) is 14.6. The predicted octanol–water partition coefficient (Wildman–Crippen LogP) is 5.11. The molecule has 0 aromatic heterocycles. The zero-order valence-electron chi connectivity index (χ0n) is 14.4. The van der Waals surface area contributed by atoms with Gasteiger partial charge in [-0.1, -0.05) is 80.1 Å². The number of nitrogens with zero attached hydrogens (tertiary/aromatic N) is 2. The Labute approximate surface area is 139 Å². The molecular weight excluding hydrogens is 339 g/mol. The molecule has 0 saturated carbocycles. The van der Waals surface area contributed by atoms with Gasteiger partial charge in [0, 0.05) is 36.8 Å². The molecule has 0 aromatic rings. The Kier molecular flexibility index (Phi) is 44.4. The maximum absolute atomic E-state index is 3.78. The molecule has 3 heteroatoms. The van der Waals surface area contributed by atoms with E-state index >= 15 is 0 Å². The first kappa shape index (κ1) is 27.4. The molecule has 1 aliphatic heterocycles. The third-order valence-corrected chi connectivity index (χ3v) is 2.16. The van der Waals surface area contributed by atoms with E-state index < -0.39 is 0 Å². The van der Waals surface area contributed by atoms with Crippen molar-refractivity contribution in [2.24, 2.45) is 4.99 Å². The number of unbranched alkanes of at least 4 members (excludes halogenated alkanes) is 3.